The van der Waals surface area contributed by atoms with Crippen LogP contribution in [0.3, 0.4) is 0 Å². The summed E-state index contributed by atoms with van der Waals surface area (Å²) in [6.07, 6.45) is -0.248. The van der Waals surface area contributed by atoms with Gasteiger partial charge < -0.3 is 20.3 Å². The molecule has 2 fully saturated rings. The lowest BCUT2D eigenvalue weighted by Gasteiger charge is -2.20. The minimum atomic E-state index is -0.589. The molecule has 0 bridgehead atoms. The fourth-order valence-corrected chi connectivity index (χ4v) is 1.99. The van der Waals surface area contributed by atoms with E-state index >= 15 is 0 Å². The molecule has 0 amide bonds. The quantitative estimate of drug-likeness (QED) is 0.523. The molecule has 1 aliphatic carbocycles. The normalized spacial score (nSPS) is 51.0. The molecule has 0 aromatic rings. The molecule has 1 saturated heterocycles. The SMILES string of the molecule is CC1(C)O[C@H]2[C@H](N)CC(O)[C@H]2O1. The van der Waals surface area contributed by atoms with E-state index < -0.39 is 11.9 Å². The highest BCUT2D eigenvalue weighted by molar-refractivity contribution is 5.00. The zero-order chi connectivity index (χ0) is 8.93. The van der Waals surface area contributed by atoms with Gasteiger partial charge in [0.2, 0.25) is 0 Å². The molecule has 12 heavy (non-hydrogen) atoms. The van der Waals surface area contributed by atoms with Crippen molar-refractivity contribution in [3.05, 3.63) is 0 Å². The number of hydrogen-bond donors (Lipinski definition) is 2. The van der Waals surface area contributed by atoms with Gasteiger partial charge in [-0.3, -0.25) is 0 Å². The fraction of sp³-hybridized carbons (Fsp3) is 1.00. The van der Waals surface area contributed by atoms with Crippen LogP contribution in [0.1, 0.15) is 20.3 Å². The molecule has 3 N–H and O–H groups in total. The van der Waals surface area contributed by atoms with Crippen molar-refractivity contribution >= 4 is 0 Å². The van der Waals surface area contributed by atoms with E-state index in [2.05, 4.69) is 0 Å². The van der Waals surface area contributed by atoms with Gasteiger partial charge in [-0.2, -0.15) is 0 Å². The van der Waals surface area contributed by atoms with Gasteiger partial charge in [-0.1, -0.05) is 0 Å². The van der Waals surface area contributed by atoms with Crippen LogP contribution < -0.4 is 5.73 Å². The first-order valence-corrected chi connectivity index (χ1v) is 4.29. The zero-order valence-corrected chi connectivity index (χ0v) is 7.36. The maximum Gasteiger partial charge on any atom is 0.163 e. The van der Waals surface area contributed by atoms with Crippen LogP contribution >= 0.6 is 0 Å². The largest absolute Gasteiger partial charge is 0.390 e. The Morgan fingerprint density at radius 2 is 1.92 bits per heavy atom. The molecule has 0 aromatic carbocycles. The summed E-state index contributed by atoms with van der Waals surface area (Å²) in [5.74, 6) is -0.589. The summed E-state index contributed by atoms with van der Waals surface area (Å²) < 4.78 is 11.1. The number of ether oxygens (including phenoxy) is 2. The number of aliphatic hydroxyl groups is 1. The van der Waals surface area contributed by atoms with Crippen molar-refractivity contribution < 1.29 is 14.6 Å². The Morgan fingerprint density at radius 1 is 1.33 bits per heavy atom. The molecule has 4 heteroatoms. The van der Waals surface area contributed by atoms with Crippen LogP contribution in [0.2, 0.25) is 0 Å². The van der Waals surface area contributed by atoms with E-state index in [9.17, 15) is 5.11 Å². The van der Waals surface area contributed by atoms with Gasteiger partial charge in [0, 0.05) is 6.04 Å². The Hall–Kier alpha value is -0.160. The molecule has 0 spiro atoms. The number of fused-ring (bicyclic) bond motifs is 1. The lowest BCUT2D eigenvalue weighted by Crippen LogP contribution is -2.35. The number of rotatable bonds is 0. The van der Waals surface area contributed by atoms with E-state index in [-0.39, 0.29) is 18.2 Å². The van der Waals surface area contributed by atoms with Gasteiger partial charge in [0.25, 0.3) is 0 Å². The number of nitrogens with two attached hydrogens (primary N) is 1. The van der Waals surface area contributed by atoms with Crippen LogP contribution in [0.5, 0.6) is 0 Å². The summed E-state index contributed by atoms with van der Waals surface area (Å²) in [6.45, 7) is 3.68. The molecule has 0 radical (unpaired) electrons. The van der Waals surface area contributed by atoms with Gasteiger partial charge in [-0.15, -0.1) is 0 Å². The highest BCUT2D eigenvalue weighted by Gasteiger charge is 2.52. The first-order valence-electron chi connectivity index (χ1n) is 4.29. The molecule has 1 aliphatic heterocycles. The van der Waals surface area contributed by atoms with E-state index in [1.165, 1.54) is 0 Å². The average molecular weight is 173 g/mol. The predicted octanol–water partition coefficient (Wildman–Crippen LogP) is -0.402. The smallest absolute Gasteiger partial charge is 0.163 e. The maximum atomic E-state index is 9.52. The van der Waals surface area contributed by atoms with Crippen molar-refractivity contribution in [3.8, 4) is 0 Å². The fourth-order valence-electron chi connectivity index (χ4n) is 1.99. The monoisotopic (exact) mass is 173 g/mol. The van der Waals surface area contributed by atoms with Gasteiger partial charge in [0.1, 0.15) is 12.2 Å². The molecule has 4 atom stereocenters. The first kappa shape index (κ1) is 8.44. The van der Waals surface area contributed by atoms with Gasteiger partial charge in [-0.25, -0.2) is 0 Å². The number of hydrogen-bond acceptors (Lipinski definition) is 4. The molecule has 70 valence electrons. The second-order valence-corrected chi connectivity index (χ2v) is 4.03. The van der Waals surface area contributed by atoms with Crippen molar-refractivity contribution in [3.63, 3.8) is 0 Å². The van der Waals surface area contributed by atoms with Crippen LogP contribution in [0.25, 0.3) is 0 Å². The highest BCUT2D eigenvalue weighted by atomic mass is 16.8. The molecular formula is C8H15NO3. The molecule has 1 unspecified atom stereocenters. The summed E-state index contributed by atoms with van der Waals surface area (Å²) >= 11 is 0. The molecule has 4 nitrogen and oxygen atoms in total. The maximum absolute atomic E-state index is 9.52. The van der Waals surface area contributed by atoms with E-state index in [0.29, 0.717) is 6.42 Å². The predicted molar refractivity (Wildman–Crippen MR) is 42.4 cm³/mol. The van der Waals surface area contributed by atoms with Crippen molar-refractivity contribution in [1.29, 1.82) is 0 Å². The summed E-state index contributed by atoms with van der Waals surface area (Å²) in [4.78, 5) is 0. The topological polar surface area (TPSA) is 64.7 Å². The lowest BCUT2D eigenvalue weighted by molar-refractivity contribution is -0.163. The van der Waals surface area contributed by atoms with Crippen molar-refractivity contribution in [1.82, 2.24) is 0 Å². The Bertz CT molecular complexity index is 177. The van der Waals surface area contributed by atoms with Crippen molar-refractivity contribution in [2.24, 2.45) is 5.73 Å². The minimum absolute atomic E-state index is 0.0909. The summed E-state index contributed by atoms with van der Waals surface area (Å²) in [7, 11) is 0. The summed E-state index contributed by atoms with van der Waals surface area (Å²) in [6, 6.07) is -0.0909. The van der Waals surface area contributed by atoms with Gasteiger partial charge in [-0.05, 0) is 20.3 Å². The lowest BCUT2D eigenvalue weighted by atomic mass is 10.2. The first-order chi connectivity index (χ1) is 5.49. The van der Waals surface area contributed by atoms with E-state index in [1.54, 1.807) is 0 Å². The van der Waals surface area contributed by atoms with Gasteiger partial charge in [0.15, 0.2) is 5.79 Å². The van der Waals surface area contributed by atoms with Crippen LogP contribution in [-0.2, 0) is 9.47 Å². The van der Waals surface area contributed by atoms with E-state index in [4.69, 9.17) is 15.2 Å². The van der Waals surface area contributed by atoms with Gasteiger partial charge in [0.05, 0.1) is 6.10 Å². The molecular weight excluding hydrogens is 158 g/mol. The van der Waals surface area contributed by atoms with Gasteiger partial charge >= 0.3 is 0 Å². The molecule has 2 aliphatic rings. The summed E-state index contributed by atoms with van der Waals surface area (Å²) in [5, 5.41) is 9.52. The minimum Gasteiger partial charge on any atom is -0.390 e. The van der Waals surface area contributed by atoms with Crippen LogP contribution in [0.4, 0.5) is 0 Å². The van der Waals surface area contributed by atoms with Crippen LogP contribution in [-0.4, -0.2) is 35.2 Å². The molecule has 0 aromatic heterocycles. The third-order valence-corrected chi connectivity index (χ3v) is 2.48. The Balaban J connectivity index is 2.15. The van der Waals surface area contributed by atoms with Crippen molar-refractivity contribution in [2.75, 3.05) is 0 Å². The molecule has 2 rings (SSSR count). The van der Waals surface area contributed by atoms with Crippen LogP contribution in [0.15, 0.2) is 0 Å². The average Bonchev–Trinajstić information content (AvgIpc) is 2.34. The van der Waals surface area contributed by atoms with E-state index in [1.807, 2.05) is 13.8 Å². The molecule has 1 saturated carbocycles. The Morgan fingerprint density at radius 3 is 2.50 bits per heavy atom. The second-order valence-electron chi connectivity index (χ2n) is 4.03. The van der Waals surface area contributed by atoms with Crippen LogP contribution in [0, 0.1) is 0 Å². The highest BCUT2D eigenvalue weighted by Crippen LogP contribution is 2.37. The second kappa shape index (κ2) is 2.42. The third kappa shape index (κ3) is 1.15. The summed E-state index contributed by atoms with van der Waals surface area (Å²) in [5.41, 5.74) is 5.77. The molecule has 1 heterocycles. The number of aliphatic hydroxyl groups excluding tert-OH is 1. The zero-order valence-electron chi connectivity index (χ0n) is 7.36. The Kier molecular flexibility index (Phi) is 1.70. The Labute approximate surface area is 71.6 Å². The standard InChI is InChI=1S/C8H15NO3/c1-8(2)11-6-4(9)3-5(10)7(6)12-8/h4-7,10H,3,9H2,1-2H3/t4-,5?,6+,7-/m1/s1. The van der Waals surface area contributed by atoms with Crippen molar-refractivity contribution in [2.45, 2.75) is 50.4 Å². The third-order valence-electron chi connectivity index (χ3n) is 2.48. The van der Waals surface area contributed by atoms with E-state index in [0.717, 1.165) is 0 Å².